The van der Waals surface area contributed by atoms with Crippen molar-refractivity contribution in [3.8, 4) is 11.8 Å². The first-order valence-electron chi connectivity index (χ1n) is 9.90. The molecular weight excluding hydrogens is 308 g/mol. The van der Waals surface area contributed by atoms with Gasteiger partial charge in [0.2, 0.25) is 0 Å². The maximum absolute atomic E-state index is 11.3. The third-order valence-corrected chi connectivity index (χ3v) is 5.66. The molecule has 1 aliphatic carbocycles. The molecule has 0 saturated heterocycles. The lowest BCUT2D eigenvalue weighted by molar-refractivity contribution is -0.140. The highest BCUT2D eigenvalue weighted by atomic mass is 16.5. The zero-order valence-corrected chi connectivity index (χ0v) is 16.8. The molecule has 5 atom stereocenters. The minimum Gasteiger partial charge on any atom is -0.469 e. The average Bonchev–Trinajstić information content (AvgIpc) is 3.27. The van der Waals surface area contributed by atoms with E-state index in [1.807, 2.05) is 6.92 Å². The van der Waals surface area contributed by atoms with Gasteiger partial charge in [0, 0.05) is 12.8 Å². The summed E-state index contributed by atoms with van der Waals surface area (Å²) in [6.45, 7) is 8.75. The van der Waals surface area contributed by atoms with Gasteiger partial charge < -0.3 is 4.74 Å². The number of rotatable bonds is 11. The van der Waals surface area contributed by atoms with Crippen molar-refractivity contribution in [3.05, 3.63) is 24.3 Å². The first-order valence-corrected chi connectivity index (χ1v) is 9.90. The van der Waals surface area contributed by atoms with Crippen LogP contribution >= 0.6 is 0 Å². The third kappa shape index (κ3) is 7.51. The summed E-state index contributed by atoms with van der Waals surface area (Å²) < 4.78 is 4.74. The summed E-state index contributed by atoms with van der Waals surface area (Å²) in [5.41, 5.74) is 0. The van der Waals surface area contributed by atoms with Gasteiger partial charge in [-0.2, -0.15) is 0 Å². The van der Waals surface area contributed by atoms with E-state index in [0.717, 1.165) is 43.4 Å². The van der Waals surface area contributed by atoms with E-state index in [0.29, 0.717) is 18.3 Å². The van der Waals surface area contributed by atoms with Crippen LogP contribution in [0.3, 0.4) is 0 Å². The summed E-state index contributed by atoms with van der Waals surface area (Å²) in [6, 6.07) is 0. The van der Waals surface area contributed by atoms with Crippen molar-refractivity contribution in [3.63, 3.8) is 0 Å². The molecule has 0 heterocycles. The van der Waals surface area contributed by atoms with Gasteiger partial charge in [-0.3, -0.25) is 4.79 Å². The number of esters is 1. The Kier molecular flexibility index (Phi) is 10.3. The van der Waals surface area contributed by atoms with Gasteiger partial charge in [-0.1, -0.05) is 51.5 Å². The first kappa shape index (κ1) is 21.6. The van der Waals surface area contributed by atoms with Crippen molar-refractivity contribution in [2.45, 2.75) is 66.2 Å². The second-order valence-electron chi connectivity index (χ2n) is 7.22. The maximum Gasteiger partial charge on any atom is 0.305 e. The molecule has 0 aliphatic heterocycles. The zero-order valence-electron chi connectivity index (χ0n) is 16.8. The van der Waals surface area contributed by atoms with Crippen LogP contribution in [0, 0.1) is 41.4 Å². The van der Waals surface area contributed by atoms with Gasteiger partial charge >= 0.3 is 5.97 Å². The molecule has 0 aromatic carbocycles. The second kappa shape index (κ2) is 12.0. The highest BCUT2D eigenvalue weighted by Gasteiger charge is 2.48. The van der Waals surface area contributed by atoms with Crippen LogP contribution in [-0.2, 0) is 9.53 Å². The molecule has 0 N–H and O–H groups in total. The molecule has 0 aromatic rings. The lowest BCUT2D eigenvalue weighted by Crippen LogP contribution is -2.06. The van der Waals surface area contributed by atoms with Crippen LogP contribution in [0.2, 0.25) is 0 Å². The summed E-state index contributed by atoms with van der Waals surface area (Å²) in [4.78, 5) is 11.3. The fraction of sp³-hybridized carbons (Fsp3) is 0.696. The van der Waals surface area contributed by atoms with Crippen molar-refractivity contribution in [1.82, 2.24) is 0 Å². The molecule has 1 aliphatic rings. The molecule has 0 amide bonds. The van der Waals surface area contributed by atoms with Crippen LogP contribution in [-0.4, -0.2) is 13.1 Å². The molecule has 0 aromatic heterocycles. The number of carbonyl (C=O) groups is 1. The van der Waals surface area contributed by atoms with Gasteiger partial charge in [0.05, 0.1) is 7.11 Å². The van der Waals surface area contributed by atoms with Crippen LogP contribution in [0.15, 0.2) is 24.3 Å². The van der Waals surface area contributed by atoms with Crippen molar-refractivity contribution >= 4 is 5.97 Å². The van der Waals surface area contributed by atoms with Crippen molar-refractivity contribution in [2.75, 3.05) is 7.11 Å². The summed E-state index contributed by atoms with van der Waals surface area (Å²) in [5, 5.41) is 0. The summed E-state index contributed by atoms with van der Waals surface area (Å²) in [5.74, 6) is 9.59. The number of hydrogen-bond donors (Lipinski definition) is 0. The van der Waals surface area contributed by atoms with Gasteiger partial charge in [0.1, 0.15) is 0 Å². The van der Waals surface area contributed by atoms with E-state index >= 15 is 0 Å². The average molecular weight is 345 g/mol. The minimum atomic E-state index is -0.0847. The summed E-state index contributed by atoms with van der Waals surface area (Å²) in [6.07, 6.45) is 15.0. The molecule has 0 bridgehead atoms. The van der Waals surface area contributed by atoms with Gasteiger partial charge in [-0.05, 0) is 55.8 Å². The lowest BCUT2D eigenvalue weighted by atomic mass is 9.92. The molecule has 2 nitrogen and oxygen atoms in total. The first-order chi connectivity index (χ1) is 12.1. The topological polar surface area (TPSA) is 26.3 Å². The Labute approximate surface area is 155 Å². The predicted octanol–water partition coefficient (Wildman–Crippen LogP) is 5.79. The Balaban J connectivity index is 2.43. The summed E-state index contributed by atoms with van der Waals surface area (Å²) >= 11 is 0. The predicted molar refractivity (Wildman–Crippen MR) is 106 cm³/mol. The Bertz CT molecular complexity index is 506. The van der Waals surface area contributed by atoms with Gasteiger partial charge in [-0.15, -0.1) is 11.8 Å². The molecule has 140 valence electrons. The fourth-order valence-electron chi connectivity index (χ4n) is 3.85. The standard InChI is InChI=1S/C23H36O2/c1-6-9-13-19(7-2)14-10-11-16-21-18(4)23(21)20(8-3)15-12-17-22(24)25-5/h10-11,14,16,18-21,23H,7-8,12-13,15,17H2,1-5H3. The number of hydrogen-bond acceptors (Lipinski definition) is 2. The number of ether oxygens (including phenoxy) is 1. The van der Waals surface area contributed by atoms with Crippen LogP contribution in [0.5, 0.6) is 0 Å². The van der Waals surface area contributed by atoms with Gasteiger partial charge in [0.25, 0.3) is 0 Å². The van der Waals surface area contributed by atoms with Crippen LogP contribution in [0.25, 0.3) is 0 Å². The Morgan fingerprint density at radius 3 is 2.60 bits per heavy atom. The molecule has 2 heteroatoms. The van der Waals surface area contributed by atoms with E-state index in [2.05, 4.69) is 56.9 Å². The third-order valence-electron chi connectivity index (χ3n) is 5.66. The van der Waals surface area contributed by atoms with E-state index in [4.69, 9.17) is 4.74 Å². The van der Waals surface area contributed by atoms with E-state index in [1.54, 1.807) is 0 Å². The van der Waals surface area contributed by atoms with E-state index < -0.39 is 0 Å². The van der Waals surface area contributed by atoms with Gasteiger partial charge in [-0.25, -0.2) is 0 Å². The number of carbonyl (C=O) groups excluding carboxylic acids is 1. The normalized spacial score (nSPS) is 24.8. The number of allylic oxidation sites excluding steroid dienone is 4. The van der Waals surface area contributed by atoms with Crippen molar-refractivity contribution in [2.24, 2.45) is 29.6 Å². The van der Waals surface area contributed by atoms with Crippen LogP contribution < -0.4 is 0 Å². The summed E-state index contributed by atoms with van der Waals surface area (Å²) in [7, 11) is 1.47. The minimum absolute atomic E-state index is 0.0847. The fourth-order valence-corrected chi connectivity index (χ4v) is 3.85. The van der Waals surface area contributed by atoms with E-state index in [1.165, 1.54) is 13.5 Å². The second-order valence-corrected chi connectivity index (χ2v) is 7.22. The largest absolute Gasteiger partial charge is 0.469 e. The molecular formula is C23H36O2. The molecule has 0 radical (unpaired) electrons. The van der Waals surface area contributed by atoms with Crippen LogP contribution in [0.4, 0.5) is 0 Å². The maximum atomic E-state index is 11.3. The van der Waals surface area contributed by atoms with Crippen LogP contribution in [0.1, 0.15) is 66.2 Å². The SMILES string of the molecule is CC#CCC(C=CC=CC1C(C)C1C(CC)CCCC(=O)OC)CC. The highest BCUT2D eigenvalue weighted by Crippen LogP contribution is 2.53. The zero-order chi connectivity index (χ0) is 18.7. The molecule has 1 saturated carbocycles. The molecule has 1 rings (SSSR count). The Morgan fingerprint density at radius 1 is 1.24 bits per heavy atom. The Morgan fingerprint density at radius 2 is 2.00 bits per heavy atom. The number of methoxy groups -OCH3 is 1. The monoisotopic (exact) mass is 344 g/mol. The van der Waals surface area contributed by atoms with E-state index in [-0.39, 0.29) is 5.97 Å². The molecule has 1 fully saturated rings. The van der Waals surface area contributed by atoms with E-state index in [9.17, 15) is 4.79 Å². The van der Waals surface area contributed by atoms with Crippen molar-refractivity contribution < 1.29 is 9.53 Å². The molecule has 25 heavy (non-hydrogen) atoms. The highest BCUT2D eigenvalue weighted by molar-refractivity contribution is 5.68. The quantitative estimate of drug-likeness (QED) is 0.269. The Hall–Kier alpha value is -1.49. The molecule has 5 unspecified atom stereocenters. The smallest absolute Gasteiger partial charge is 0.305 e. The molecule has 0 spiro atoms. The van der Waals surface area contributed by atoms with Gasteiger partial charge in [0.15, 0.2) is 0 Å². The van der Waals surface area contributed by atoms with Crippen molar-refractivity contribution in [1.29, 1.82) is 0 Å². The lowest BCUT2D eigenvalue weighted by Gasteiger charge is -2.14.